The molecule has 1 fully saturated rings. The van der Waals surface area contributed by atoms with Crippen LogP contribution in [0.3, 0.4) is 0 Å². The Morgan fingerprint density at radius 3 is 2.53 bits per heavy atom. The van der Waals surface area contributed by atoms with Crippen LogP contribution in [0.25, 0.3) is 0 Å². The number of aldehydes is 1. The molecule has 1 aliphatic heterocycles. The summed E-state index contributed by atoms with van der Waals surface area (Å²) in [5.41, 5.74) is 1.89. The monoisotopic (exact) mass is 419 g/mol. The predicted octanol–water partition coefficient (Wildman–Crippen LogP) is 3.01. The first-order valence-electron chi connectivity index (χ1n) is 11.0. The van der Waals surface area contributed by atoms with E-state index in [1.165, 1.54) is 25.9 Å². The van der Waals surface area contributed by atoms with Crippen molar-refractivity contribution in [2.75, 3.05) is 39.3 Å². The van der Waals surface area contributed by atoms with E-state index in [0.717, 1.165) is 37.1 Å². The molecule has 170 valence electrons. The molecule has 6 nitrogen and oxygen atoms in total. The summed E-state index contributed by atoms with van der Waals surface area (Å²) in [5.74, 6) is -0.290. The fourth-order valence-corrected chi connectivity index (χ4v) is 3.24. The molecule has 0 radical (unpaired) electrons. The van der Waals surface area contributed by atoms with Gasteiger partial charge in [0.1, 0.15) is 12.9 Å². The molecule has 0 aromatic carbocycles. The lowest BCUT2D eigenvalue weighted by molar-refractivity contribution is -0.142. The molecule has 0 aliphatic carbocycles. The molecule has 1 saturated heterocycles. The van der Waals surface area contributed by atoms with Crippen molar-refractivity contribution in [3.05, 3.63) is 36.0 Å². The molecule has 0 amide bonds. The lowest BCUT2D eigenvalue weighted by atomic mass is 10.1. The van der Waals surface area contributed by atoms with Crippen LogP contribution in [0.1, 0.15) is 53.4 Å². The SMILES string of the molecule is C=CC(=CC=C(C)COC(=O)CCC(C=O)NC(C)(C)C)CNCCN1CCCC1. The van der Waals surface area contributed by atoms with E-state index in [4.69, 9.17) is 4.74 Å². The van der Waals surface area contributed by atoms with Gasteiger partial charge in [0.15, 0.2) is 0 Å². The third-order valence-corrected chi connectivity index (χ3v) is 4.88. The first-order chi connectivity index (χ1) is 14.2. The molecule has 0 aromatic heterocycles. The topological polar surface area (TPSA) is 70.7 Å². The average Bonchev–Trinajstić information content (AvgIpc) is 3.21. The Morgan fingerprint density at radius 1 is 1.23 bits per heavy atom. The summed E-state index contributed by atoms with van der Waals surface area (Å²) >= 11 is 0. The summed E-state index contributed by atoms with van der Waals surface area (Å²) in [7, 11) is 0. The minimum absolute atomic E-state index is 0.174. The Bertz CT molecular complexity index is 599. The van der Waals surface area contributed by atoms with Crippen LogP contribution < -0.4 is 10.6 Å². The standard InChI is InChI=1S/C24H41N3O3/c1-6-21(17-25-13-16-27-14-7-8-15-27)10-9-20(2)19-30-23(29)12-11-22(18-28)26-24(3,4)5/h6,9-10,18,22,25-26H,1,7-8,11-17,19H2,2-5H3. The second kappa shape index (κ2) is 14.3. The van der Waals surface area contributed by atoms with Gasteiger partial charge in [-0.1, -0.05) is 24.8 Å². The normalized spacial score (nSPS) is 17.1. The van der Waals surface area contributed by atoms with Crippen LogP contribution in [-0.2, 0) is 14.3 Å². The fourth-order valence-electron chi connectivity index (χ4n) is 3.24. The maximum Gasteiger partial charge on any atom is 0.306 e. The smallest absolute Gasteiger partial charge is 0.306 e. The van der Waals surface area contributed by atoms with Gasteiger partial charge in [-0.2, -0.15) is 0 Å². The summed E-state index contributed by atoms with van der Waals surface area (Å²) in [6, 6.07) is -0.342. The largest absolute Gasteiger partial charge is 0.461 e. The van der Waals surface area contributed by atoms with Crippen molar-refractivity contribution < 1.29 is 14.3 Å². The van der Waals surface area contributed by atoms with E-state index in [1.807, 2.05) is 45.9 Å². The van der Waals surface area contributed by atoms with Crippen LogP contribution in [0, 0.1) is 0 Å². The van der Waals surface area contributed by atoms with Crippen LogP contribution in [-0.4, -0.2) is 68.1 Å². The summed E-state index contributed by atoms with van der Waals surface area (Å²) in [6.07, 6.45) is 9.96. The Morgan fingerprint density at radius 2 is 1.93 bits per heavy atom. The molecule has 30 heavy (non-hydrogen) atoms. The lowest BCUT2D eigenvalue weighted by Crippen LogP contribution is -2.44. The van der Waals surface area contributed by atoms with Crippen LogP contribution in [0.2, 0.25) is 0 Å². The highest BCUT2D eigenvalue weighted by Gasteiger charge is 2.18. The molecule has 1 atom stereocenters. The number of hydrogen-bond donors (Lipinski definition) is 2. The van der Waals surface area contributed by atoms with E-state index < -0.39 is 0 Å². The molecule has 0 aromatic rings. The van der Waals surface area contributed by atoms with Gasteiger partial charge in [-0.15, -0.1) is 0 Å². The van der Waals surface area contributed by atoms with Crippen molar-refractivity contribution in [1.82, 2.24) is 15.5 Å². The second-order valence-electron chi connectivity index (χ2n) is 9.02. The van der Waals surface area contributed by atoms with Crippen molar-refractivity contribution in [2.45, 2.75) is 65.0 Å². The highest BCUT2D eigenvalue weighted by Crippen LogP contribution is 2.07. The van der Waals surface area contributed by atoms with Gasteiger partial charge in [0.2, 0.25) is 0 Å². The van der Waals surface area contributed by atoms with Gasteiger partial charge < -0.3 is 25.1 Å². The van der Waals surface area contributed by atoms with Gasteiger partial charge in [-0.3, -0.25) is 4.79 Å². The average molecular weight is 420 g/mol. The molecule has 0 spiro atoms. The van der Waals surface area contributed by atoms with E-state index in [9.17, 15) is 9.59 Å². The van der Waals surface area contributed by atoms with Gasteiger partial charge in [0, 0.05) is 31.6 Å². The number of carbonyl (C=O) groups is 2. The van der Waals surface area contributed by atoms with Gasteiger partial charge in [-0.05, 0) is 71.2 Å². The maximum absolute atomic E-state index is 12.0. The zero-order chi connectivity index (χ0) is 22.4. The Hall–Kier alpha value is -1.76. The molecule has 2 N–H and O–H groups in total. The molecular weight excluding hydrogens is 378 g/mol. The Balaban J connectivity index is 2.29. The second-order valence-corrected chi connectivity index (χ2v) is 9.02. The van der Waals surface area contributed by atoms with Gasteiger partial charge >= 0.3 is 5.97 Å². The van der Waals surface area contributed by atoms with E-state index in [1.54, 1.807) is 0 Å². The minimum Gasteiger partial charge on any atom is -0.461 e. The highest BCUT2D eigenvalue weighted by atomic mass is 16.5. The minimum atomic E-state index is -0.342. The van der Waals surface area contributed by atoms with E-state index in [-0.39, 0.29) is 30.6 Å². The van der Waals surface area contributed by atoms with Crippen molar-refractivity contribution in [3.63, 3.8) is 0 Å². The summed E-state index contributed by atoms with van der Waals surface area (Å²) < 4.78 is 5.32. The lowest BCUT2D eigenvalue weighted by Gasteiger charge is -2.24. The Kier molecular flexibility index (Phi) is 12.5. The molecule has 0 saturated carbocycles. The van der Waals surface area contributed by atoms with Crippen molar-refractivity contribution >= 4 is 12.3 Å². The van der Waals surface area contributed by atoms with Crippen LogP contribution in [0.5, 0.6) is 0 Å². The molecule has 1 heterocycles. The fraction of sp³-hybridized carbons (Fsp3) is 0.667. The molecule has 1 aliphatic rings. The van der Waals surface area contributed by atoms with E-state index in [2.05, 4.69) is 22.1 Å². The van der Waals surface area contributed by atoms with Crippen molar-refractivity contribution in [3.8, 4) is 0 Å². The van der Waals surface area contributed by atoms with Crippen molar-refractivity contribution in [1.29, 1.82) is 0 Å². The molecule has 0 bridgehead atoms. The number of ether oxygens (including phenoxy) is 1. The Labute approximate surface area is 182 Å². The number of esters is 1. The van der Waals surface area contributed by atoms with Gasteiger partial charge in [0.05, 0.1) is 6.04 Å². The van der Waals surface area contributed by atoms with E-state index in [0.29, 0.717) is 6.42 Å². The van der Waals surface area contributed by atoms with Gasteiger partial charge in [-0.25, -0.2) is 0 Å². The first kappa shape index (κ1) is 26.3. The van der Waals surface area contributed by atoms with Crippen LogP contribution in [0.15, 0.2) is 36.0 Å². The van der Waals surface area contributed by atoms with Crippen LogP contribution in [0.4, 0.5) is 0 Å². The van der Waals surface area contributed by atoms with E-state index >= 15 is 0 Å². The number of rotatable bonds is 14. The quantitative estimate of drug-likeness (QED) is 0.195. The number of likely N-dealkylation sites (tertiary alicyclic amines) is 1. The van der Waals surface area contributed by atoms with Crippen molar-refractivity contribution in [2.24, 2.45) is 0 Å². The zero-order valence-electron chi connectivity index (χ0n) is 19.3. The molecular formula is C24H41N3O3. The predicted molar refractivity (Wildman–Crippen MR) is 124 cm³/mol. The number of allylic oxidation sites excluding steroid dienone is 2. The number of nitrogens with one attached hydrogen (secondary N) is 2. The summed E-state index contributed by atoms with van der Waals surface area (Å²) in [6.45, 7) is 17.3. The summed E-state index contributed by atoms with van der Waals surface area (Å²) in [4.78, 5) is 25.6. The third kappa shape index (κ3) is 12.7. The number of carbonyl (C=O) groups excluding carboxylic acids is 2. The maximum atomic E-state index is 12.0. The molecule has 1 unspecified atom stereocenters. The molecule has 1 rings (SSSR count). The van der Waals surface area contributed by atoms with Crippen LogP contribution >= 0.6 is 0 Å². The summed E-state index contributed by atoms with van der Waals surface area (Å²) in [5, 5.41) is 6.64. The zero-order valence-corrected chi connectivity index (χ0v) is 19.3. The number of nitrogens with zero attached hydrogens (tertiary/aromatic N) is 1. The van der Waals surface area contributed by atoms with Gasteiger partial charge in [0.25, 0.3) is 0 Å². The first-order valence-corrected chi connectivity index (χ1v) is 11.0. The number of hydrogen-bond acceptors (Lipinski definition) is 6. The highest BCUT2D eigenvalue weighted by molar-refractivity contribution is 5.70. The third-order valence-electron chi connectivity index (χ3n) is 4.88. The molecule has 6 heteroatoms.